The van der Waals surface area contributed by atoms with E-state index in [2.05, 4.69) is 33.0 Å². The predicted molar refractivity (Wildman–Crippen MR) is 105 cm³/mol. The molecule has 5 unspecified atom stereocenters. The predicted octanol–water partition coefficient (Wildman–Crippen LogP) is 5.95. The Labute approximate surface area is 155 Å². The average Bonchev–Trinajstić information content (AvgIpc) is 2.88. The van der Waals surface area contributed by atoms with Crippen molar-refractivity contribution in [1.82, 2.24) is 5.32 Å². The summed E-state index contributed by atoms with van der Waals surface area (Å²) in [5.41, 5.74) is 1.45. The van der Waals surface area contributed by atoms with Crippen molar-refractivity contribution in [2.24, 2.45) is 34.0 Å². The summed E-state index contributed by atoms with van der Waals surface area (Å²) >= 11 is 0. The maximum Gasteiger partial charge on any atom is 0.220 e. The number of hydrogen-bond acceptors (Lipinski definition) is 1. The van der Waals surface area contributed by atoms with Gasteiger partial charge in [0.25, 0.3) is 0 Å². The molecule has 0 aromatic rings. The van der Waals surface area contributed by atoms with Gasteiger partial charge in [0.15, 0.2) is 0 Å². The van der Waals surface area contributed by atoms with Crippen LogP contribution in [0.3, 0.4) is 0 Å². The van der Waals surface area contributed by atoms with Crippen LogP contribution in [0.25, 0.3) is 0 Å². The van der Waals surface area contributed by atoms with E-state index in [-0.39, 0.29) is 0 Å². The van der Waals surface area contributed by atoms with Gasteiger partial charge in [-0.15, -0.1) is 0 Å². The van der Waals surface area contributed by atoms with Crippen LogP contribution in [0.2, 0.25) is 0 Å². The number of piperidine rings is 1. The zero-order chi connectivity index (χ0) is 18.5. The number of carbonyl (C=O) groups excluding carboxylic acids is 1. The summed E-state index contributed by atoms with van der Waals surface area (Å²) < 4.78 is 0. The van der Waals surface area contributed by atoms with Crippen LogP contribution in [0.5, 0.6) is 0 Å². The van der Waals surface area contributed by atoms with Crippen molar-refractivity contribution in [1.29, 1.82) is 0 Å². The third kappa shape index (κ3) is 2.52. The van der Waals surface area contributed by atoms with Crippen molar-refractivity contribution in [3.05, 3.63) is 0 Å². The zero-order valence-electron chi connectivity index (χ0n) is 17.6. The van der Waals surface area contributed by atoms with Crippen LogP contribution < -0.4 is 5.32 Å². The van der Waals surface area contributed by atoms with Crippen LogP contribution in [0.4, 0.5) is 0 Å². The fraction of sp³-hybridized carbons (Fsp3) is 0.957. The maximum atomic E-state index is 11.9. The Kier molecular flexibility index (Phi) is 5.06. The van der Waals surface area contributed by atoms with Gasteiger partial charge >= 0.3 is 0 Å². The molecule has 2 nitrogen and oxygen atoms in total. The SMILES string of the molecule is CC.CCC1CCC2(C)C3CCC4NC(=O)CC[C@]4(C)C3CC[C@]12C. The van der Waals surface area contributed by atoms with Crippen LogP contribution in [-0.4, -0.2) is 11.9 Å². The van der Waals surface area contributed by atoms with Gasteiger partial charge in [0.2, 0.25) is 5.91 Å². The first-order chi connectivity index (χ1) is 11.8. The first-order valence-corrected chi connectivity index (χ1v) is 11.1. The topological polar surface area (TPSA) is 29.1 Å². The molecule has 1 aliphatic heterocycles. The van der Waals surface area contributed by atoms with Crippen LogP contribution in [0.15, 0.2) is 0 Å². The number of hydrogen-bond donors (Lipinski definition) is 1. The molecule has 7 atom stereocenters. The number of nitrogens with one attached hydrogen (secondary N) is 1. The largest absolute Gasteiger partial charge is 0.353 e. The van der Waals surface area contributed by atoms with Crippen molar-refractivity contribution in [3.8, 4) is 0 Å². The lowest BCUT2D eigenvalue weighted by atomic mass is 9.42. The zero-order valence-corrected chi connectivity index (χ0v) is 17.6. The smallest absolute Gasteiger partial charge is 0.220 e. The molecule has 3 saturated carbocycles. The minimum Gasteiger partial charge on any atom is -0.353 e. The van der Waals surface area contributed by atoms with Crippen molar-refractivity contribution >= 4 is 5.91 Å². The molecule has 25 heavy (non-hydrogen) atoms. The Balaban J connectivity index is 0.000000880. The third-order valence-corrected chi connectivity index (χ3v) is 9.62. The second-order valence-electron chi connectivity index (χ2n) is 9.93. The van der Waals surface area contributed by atoms with Gasteiger partial charge in [-0.2, -0.15) is 0 Å². The molecule has 4 aliphatic rings. The second kappa shape index (κ2) is 6.57. The number of carbonyl (C=O) groups is 1. The molecule has 2 heteroatoms. The van der Waals surface area contributed by atoms with Gasteiger partial charge in [-0.1, -0.05) is 48.0 Å². The Hall–Kier alpha value is -0.530. The van der Waals surface area contributed by atoms with Gasteiger partial charge in [0.1, 0.15) is 0 Å². The molecule has 1 amide bonds. The molecule has 1 heterocycles. The summed E-state index contributed by atoms with van der Waals surface area (Å²) in [7, 11) is 0. The highest BCUT2D eigenvalue weighted by Crippen LogP contribution is 2.71. The fourth-order valence-electron chi connectivity index (χ4n) is 7.89. The Morgan fingerprint density at radius 2 is 1.60 bits per heavy atom. The maximum absolute atomic E-state index is 11.9. The van der Waals surface area contributed by atoms with Gasteiger partial charge in [-0.05, 0) is 78.9 Å². The van der Waals surface area contributed by atoms with Crippen molar-refractivity contribution in [2.75, 3.05) is 0 Å². The van der Waals surface area contributed by atoms with Crippen LogP contribution in [-0.2, 0) is 4.79 Å². The molecule has 3 aliphatic carbocycles. The molecule has 0 aromatic heterocycles. The number of amides is 1. The third-order valence-electron chi connectivity index (χ3n) is 9.62. The molecule has 4 rings (SSSR count). The van der Waals surface area contributed by atoms with Crippen LogP contribution >= 0.6 is 0 Å². The van der Waals surface area contributed by atoms with Crippen molar-refractivity contribution in [3.63, 3.8) is 0 Å². The van der Waals surface area contributed by atoms with Crippen LogP contribution in [0, 0.1) is 34.0 Å². The van der Waals surface area contributed by atoms with E-state index in [0.29, 0.717) is 28.2 Å². The van der Waals surface area contributed by atoms with E-state index >= 15 is 0 Å². The number of rotatable bonds is 1. The van der Waals surface area contributed by atoms with Crippen molar-refractivity contribution < 1.29 is 4.79 Å². The fourth-order valence-corrected chi connectivity index (χ4v) is 7.89. The highest BCUT2D eigenvalue weighted by molar-refractivity contribution is 5.77. The summed E-state index contributed by atoms with van der Waals surface area (Å²) in [5.74, 6) is 2.94. The monoisotopic (exact) mass is 347 g/mol. The summed E-state index contributed by atoms with van der Waals surface area (Å²) in [5, 5.41) is 3.35. The highest BCUT2D eigenvalue weighted by Gasteiger charge is 2.65. The number of fused-ring (bicyclic) bond motifs is 5. The molecule has 144 valence electrons. The molecule has 0 bridgehead atoms. The second-order valence-corrected chi connectivity index (χ2v) is 9.93. The summed E-state index contributed by atoms with van der Waals surface area (Å²) in [6.45, 7) is 14.2. The van der Waals surface area contributed by atoms with E-state index in [1.54, 1.807) is 0 Å². The Morgan fingerprint density at radius 1 is 0.920 bits per heavy atom. The summed E-state index contributed by atoms with van der Waals surface area (Å²) in [4.78, 5) is 11.9. The van der Waals surface area contributed by atoms with E-state index < -0.39 is 0 Å². The van der Waals surface area contributed by atoms with Gasteiger partial charge < -0.3 is 5.32 Å². The van der Waals surface area contributed by atoms with E-state index in [0.717, 1.165) is 30.6 Å². The van der Waals surface area contributed by atoms with E-state index in [9.17, 15) is 4.79 Å². The van der Waals surface area contributed by atoms with Gasteiger partial charge in [0, 0.05) is 12.5 Å². The van der Waals surface area contributed by atoms with Crippen molar-refractivity contribution in [2.45, 2.75) is 105 Å². The summed E-state index contributed by atoms with van der Waals surface area (Å²) in [6.07, 6.45) is 11.5. The van der Waals surface area contributed by atoms with Crippen LogP contribution in [0.1, 0.15) is 99.3 Å². The van der Waals surface area contributed by atoms with E-state index in [1.165, 1.54) is 44.9 Å². The lowest BCUT2D eigenvalue weighted by Gasteiger charge is -2.64. The van der Waals surface area contributed by atoms with Gasteiger partial charge in [-0.25, -0.2) is 0 Å². The quantitative estimate of drug-likeness (QED) is 0.624. The minimum atomic E-state index is 0.296. The summed E-state index contributed by atoms with van der Waals surface area (Å²) in [6, 6.07) is 0.446. The molecular weight excluding hydrogens is 306 g/mol. The van der Waals surface area contributed by atoms with E-state index in [4.69, 9.17) is 0 Å². The minimum absolute atomic E-state index is 0.296. The molecular formula is C23H41NO. The molecule has 1 N–H and O–H groups in total. The lowest BCUT2D eigenvalue weighted by molar-refractivity contribution is -0.152. The average molecular weight is 348 g/mol. The van der Waals surface area contributed by atoms with E-state index in [1.807, 2.05) is 13.8 Å². The molecule has 0 radical (unpaired) electrons. The van der Waals surface area contributed by atoms with Gasteiger partial charge in [-0.3, -0.25) is 4.79 Å². The lowest BCUT2D eigenvalue weighted by Crippen LogP contribution is -2.63. The Bertz CT molecular complexity index is 516. The standard InChI is InChI=1S/C21H35NO.C2H6/c1-5-14-8-12-21(4)16-6-7-17-19(2,11-10-18(23)22-17)15(16)9-13-20(14,21)3;1-2/h14-17H,5-13H2,1-4H3,(H,22,23);1-2H3/t14?,15?,16?,17?,19-,20-,21?;/m1./s1. The highest BCUT2D eigenvalue weighted by atomic mass is 16.1. The molecule has 0 spiro atoms. The first kappa shape index (κ1) is 19.2. The normalized spacial score (nSPS) is 51.4. The first-order valence-electron chi connectivity index (χ1n) is 11.1. The molecule has 0 aromatic carbocycles. The molecule has 4 fully saturated rings. The Morgan fingerprint density at radius 3 is 2.28 bits per heavy atom. The molecule has 1 saturated heterocycles. The van der Waals surface area contributed by atoms with Gasteiger partial charge in [0.05, 0.1) is 0 Å².